The van der Waals surface area contributed by atoms with Crippen LogP contribution in [0, 0.1) is 6.92 Å². The Kier molecular flexibility index (Phi) is 11.4. The lowest BCUT2D eigenvalue weighted by molar-refractivity contribution is 0.256. The van der Waals surface area contributed by atoms with Gasteiger partial charge in [-0.2, -0.15) is 0 Å². The zero-order chi connectivity index (χ0) is 30.9. The highest BCUT2D eigenvalue weighted by atomic mass is 35.5. The third-order valence-corrected chi connectivity index (χ3v) is 8.14. The number of aliphatic imine (C=N–C) groups is 1. The molecule has 11 nitrogen and oxygen atoms in total. The van der Waals surface area contributed by atoms with Gasteiger partial charge in [-0.15, -0.1) is 0 Å². The van der Waals surface area contributed by atoms with Gasteiger partial charge in [-0.25, -0.2) is 4.79 Å². The summed E-state index contributed by atoms with van der Waals surface area (Å²) < 4.78 is 8.12. The number of methoxy groups -OCH3 is 1. The maximum absolute atomic E-state index is 12.1. The molecule has 2 aromatic carbocycles. The summed E-state index contributed by atoms with van der Waals surface area (Å²) in [4.78, 5) is 33.2. The Morgan fingerprint density at radius 1 is 0.977 bits per heavy atom. The summed E-state index contributed by atoms with van der Waals surface area (Å²) in [5.41, 5.74) is 1.86. The van der Waals surface area contributed by atoms with Crippen molar-refractivity contribution in [3.05, 3.63) is 78.9 Å². The number of anilines is 3. The van der Waals surface area contributed by atoms with Crippen LogP contribution >= 0.6 is 23.2 Å². The molecule has 0 atom stereocenters. The number of nitrogens with zero attached hydrogens (tertiary/aromatic N) is 5. The van der Waals surface area contributed by atoms with Crippen LogP contribution in [-0.4, -0.2) is 79.5 Å². The summed E-state index contributed by atoms with van der Waals surface area (Å²) in [5, 5.41) is 10.6. The number of benzene rings is 2. The number of nitrogens with one attached hydrogen (secondary N) is 3. The lowest BCUT2D eigenvalue weighted by Crippen LogP contribution is -2.47. The first-order valence-corrected chi connectivity index (χ1v) is 15.1. The monoisotopic (exact) mass is 630 g/mol. The molecule has 0 saturated carbocycles. The fourth-order valence-electron chi connectivity index (χ4n) is 5.09. The smallest absolute Gasteiger partial charge is 0.332 e. The molecule has 1 saturated heterocycles. The number of aromatic nitrogens is 2. The topological polar surface area (TPSA) is 108 Å². The molecule has 0 bridgehead atoms. The number of hydrogen-bond acceptors (Lipinski definition) is 9. The summed E-state index contributed by atoms with van der Waals surface area (Å²) in [6.07, 6.45) is 0.942. The van der Waals surface area contributed by atoms with Crippen molar-refractivity contribution in [3.63, 3.8) is 0 Å². The minimum Gasteiger partial charge on any atom is -0.495 e. The molecular formula is C30H40Cl2N8O3. The van der Waals surface area contributed by atoms with Crippen LogP contribution in [0.1, 0.15) is 12.0 Å². The quantitative estimate of drug-likeness (QED) is 0.325. The Balaban J connectivity index is 0.000000251. The van der Waals surface area contributed by atoms with Gasteiger partial charge < -0.3 is 25.6 Å². The van der Waals surface area contributed by atoms with E-state index in [2.05, 4.69) is 36.8 Å². The average molecular weight is 632 g/mol. The highest BCUT2D eigenvalue weighted by Crippen LogP contribution is 2.30. The number of guanidine groups is 1. The second-order valence-corrected chi connectivity index (χ2v) is 11.2. The zero-order valence-corrected chi connectivity index (χ0v) is 26.6. The molecule has 2 aliphatic heterocycles. The maximum atomic E-state index is 12.1. The van der Waals surface area contributed by atoms with E-state index in [0.717, 1.165) is 74.2 Å². The van der Waals surface area contributed by atoms with Crippen molar-refractivity contribution < 1.29 is 4.74 Å². The fraction of sp³-hybridized carbons (Fsp3) is 0.433. The van der Waals surface area contributed by atoms with E-state index in [1.165, 1.54) is 11.6 Å². The first kappa shape index (κ1) is 32.2. The summed E-state index contributed by atoms with van der Waals surface area (Å²) in [5.74, 6) is 2.25. The molecule has 3 aromatic rings. The van der Waals surface area contributed by atoms with E-state index in [9.17, 15) is 9.59 Å². The minimum absolute atomic E-state index is 0.247. The van der Waals surface area contributed by atoms with Crippen LogP contribution in [-0.2, 0) is 14.1 Å². The second kappa shape index (κ2) is 15.2. The third kappa shape index (κ3) is 8.04. The van der Waals surface area contributed by atoms with E-state index in [1.807, 2.05) is 18.2 Å². The molecule has 1 aromatic heterocycles. The van der Waals surface area contributed by atoms with Crippen LogP contribution in [0.15, 0.2) is 57.0 Å². The molecule has 232 valence electrons. The van der Waals surface area contributed by atoms with E-state index >= 15 is 0 Å². The van der Waals surface area contributed by atoms with Crippen molar-refractivity contribution in [1.29, 1.82) is 0 Å². The largest absolute Gasteiger partial charge is 0.495 e. The number of hydrogen-bond donors (Lipinski definition) is 3. The average Bonchev–Trinajstić information content (AvgIpc) is 3.54. The van der Waals surface area contributed by atoms with Crippen molar-refractivity contribution in [2.45, 2.75) is 13.3 Å². The Morgan fingerprint density at radius 3 is 2.33 bits per heavy atom. The molecular weight excluding hydrogens is 591 g/mol. The summed E-state index contributed by atoms with van der Waals surface area (Å²) in [6.45, 7) is 9.02. The van der Waals surface area contributed by atoms with E-state index in [-0.39, 0.29) is 11.2 Å². The normalized spacial score (nSPS) is 14.8. The number of rotatable bonds is 8. The van der Waals surface area contributed by atoms with Gasteiger partial charge in [0, 0.05) is 53.4 Å². The van der Waals surface area contributed by atoms with Crippen LogP contribution in [0.5, 0.6) is 5.75 Å². The number of ether oxygens (including phenoxy) is 1. The van der Waals surface area contributed by atoms with Gasteiger partial charge >= 0.3 is 5.69 Å². The molecule has 3 heterocycles. The minimum atomic E-state index is -0.310. The Labute approximate surface area is 262 Å². The molecule has 13 heteroatoms. The van der Waals surface area contributed by atoms with Crippen molar-refractivity contribution >= 4 is 46.4 Å². The fourth-order valence-corrected chi connectivity index (χ4v) is 5.59. The summed E-state index contributed by atoms with van der Waals surface area (Å²) >= 11 is 12.0. The highest BCUT2D eigenvalue weighted by Gasteiger charge is 2.19. The second-order valence-electron chi connectivity index (χ2n) is 10.3. The van der Waals surface area contributed by atoms with Gasteiger partial charge in [0.15, 0.2) is 5.96 Å². The molecule has 0 spiro atoms. The van der Waals surface area contributed by atoms with Gasteiger partial charge in [-0.3, -0.25) is 23.8 Å². The first-order chi connectivity index (χ1) is 20.7. The van der Waals surface area contributed by atoms with Gasteiger partial charge in [0.05, 0.1) is 40.6 Å². The van der Waals surface area contributed by atoms with Gasteiger partial charge in [-0.1, -0.05) is 41.4 Å². The Hall–Kier alpha value is -3.67. The van der Waals surface area contributed by atoms with Gasteiger partial charge in [-0.05, 0) is 44.2 Å². The standard InChI is InChI=1S/C21H31N5O3.C9H9Cl2N3/c1-16-19(23(2)21(28)24(3)20(16)27)22-10-7-11-25-12-14-26(15-13-25)17-8-5-6-9-18(17)29-4;10-6-2-1-3-7(11)8(6)14-9-12-4-5-13-9/h5-6,8-9,22H,7,10-15H2,1-4H3;1-3H,4-5H2,(H2,12,13,14). The number of piperazine rings is 1. The molecule has 1 fully saturated rings. The predicted octanol–water partition coefficient (Wildman–Crippen LogP) is 3.39. The molecule has 0 amide bonds. The van der Waals surface area contributed by atoms with Gasteiger partial charge in [0.1, 0.15) is 11.6 Å². The molecule has 0 radical (unpaired) electrons. The molecule has 0 unspecified atom stereocenters. The van der Waals surface area contributed by atoms with Crippen molar-refractivity contribution in [2.75, 3.05) is 75.0 Å². The van der Waals surface area contributed by atoms with Crippen molar-refractivity contribution in [1.82, 2.24) is 19.4 Å². The van der Waals surface area contributed by atoms with E-state index in [1.54, 1.807) is 39.3 Å². The van der Waals surface area contributed by atoms with Crippen LogP contribution in [0.25, 0.3) is 0 Å². The zero-order valence-electron chi connectivity index (χ0n) is 25.1. The number of para-hydroxylation sites is 3. The molecule has 5 rings (SSSR count). The predicted molar refractivity (Wildman–Crippen MR) is 177 cm³/mol. The molecule has 3 N–H and O–H groups in total. The maximum Gasteiger partial charge on any atom is 0.332 e. The Morgan fingerprint density at radius 2 is 1.67 bits per heavy atom. The lowest BCUT2D eigenvalue weighted by Gasteiger charge is -2.36. The van der Waals surface area contributed by atoms with E-state index in [0.29, 0.717) is 33.7 Å². The first-order valence-electron chi connectivity index (χ1n) is 14.3. The Bertz CT molecular complexity index is 1490. The number of halogens is 2. The SMILES string of the molecule is COc1ccccc1N1CCN(CCCNc2c(C)c(=O)n(C)c(=O)n2C)CC1.Clc1cccc(Cl)c1NC1=NCCN1. The van der Waals surface area contributed by atoms with Crippen LogP contribution < -0.4 is 36.8 Å². The third-order valence-electron chi connectivity index (χ3n) is 7.51. The van der Waals surface area contributed by atoms with Crippen molar-refractivity contribution in [3.8, 4) is 5.75 Å². The van der Waals surface area contributed by atoms with Gasteiger partial charge in [0.25, 0.3) is 5.56 Å². The lowest BCUT2D eigenvalue weighted by atomic mass is 10.2. The van der Waals surface area contributed by atoms with Crippen LogP contribution in [0.4, 0.5) is 17.2 Å². The molecule has 43 heavy (non-hydrogen) atoms. The summed E-state index contributed by atoms with van der Waals surface area (Å²) in [7, 11) is 4.91. The summed E-state index contributed by atoms with van der Waals surface area (Å²) in [6, 6.07) is 13.5. The van der Waals surface area contributed by atoms with Crippen LogP contribution in [0.2, 0.25) is 10.0 Å². The van der Waals surface area contributed by atoms with Gasteiger partial charge in [0.2, 0.25) is 0 Å². The van der Waals surface area contributed by atoms with Crippen LogP contribution in [0.3, 0.4) is 0 Å². The van der Waals surface area contributed by atoms with E-state index in [4.69, 9.17) is 27.9 Å². The molecule has 2 aliphatic rings. The van der Waals surface area contributed by atoms with Crippen molar-refractivity contribution in [2.24, 2.45) is 19.1 Å². The highest BCUT2D eigenvalue weighted by molar-refractivity contribution is 6.39. The van der Waals surface area contributed by atoms with E-state index < -0.39 is 0 Å². The molecule has 0 aliphatic carbocycles.